The first-order valence-electron chi connectivity index (χ1n) is 7.49. The van der Waals surface area contributed by atoms with Gasteiger partial charge in [-0.05, 0) is 30.4 Å². The third kappa shape index (κ3) is 4.86. The lowest BCUT2D eigenvalue weighted by molar-refractivity contribution is -0.117. The number of anilines is 1. The monoisotopic (exact) mass is 291 g/mol. The van der Waals surface area contributed by atoms with Gasteiger partial charge in [-0.3, -0.25) is 4.79 Å². The van der Waals surface area contributed by atoms with Crippen LogP contribution in [0.1, 0.15) is 52.9 Å². The van der Waals surface area contributed by atoms with Crippen molar-refractivity contribution in [3.8, 4) is 0 Å². The van der Waals surface area contributed by atoms with Crippen molar-refractivity contribution in [1.29, 1.82) is 0 Å². The number of nitrogens with one attached hydrogen (secondary N) is 1. The highest BCUT2D eigenvalue weighted by Gasteiger charge is 2.19. The Morgan fingerprint density at radius 1 is 1.25 bits per heavy atom. The number of carbonyl (C=O) groups excluding carboxylic acids is 1. The Kier molecular flexibility index (Phi) is 5.14. The van der Waals surface area contributed by atoms with Gasteiger partial charge in [0.05, 0.1) is 5.69 Å². The second kappa shape index (κ2) is 6.66. The summed E-state index contributed by atoms with van der Waals surface area (Å²) < 4.78 is 0. The van der Waals surface area contributed by atoms with Crippen LogP contribution in [0.25, 0.3) is 0 Å². The highest BCUT2D eigenvalue weighted by molar-refractivity contribution is 8.00. The van der Waals surface area contributed by atoms with Crippen molar-refractivity contribution in [3.63, 3.8) is 0 Å². The van der Waals surface area contributed by atoms with Crippen LogP contribution in [0.5, 0.6) is 0 Å². The lowest BCUT2D eigenvalue weighted by Crippen LogP contribution is -2.20. The molecule has 0 atom stereocenters. The van der Waals surface area contributed by atoms with Gasteiger partial charge in [-0.15, -0.1) is 11.8 Å². The van der Waals surface area contributed by atoms with Gasteiger partial charge in [-0.1, -0.05) is 45.7 Å². The van der Waals surface area contributed by atoms with Crippen LogP contribution in [0, 0.1) is 5.41 Å². The van der Waals surface area contributed by atoms with E-state index in [0.717, 1.165) is 10.9 Å². The molecule has 2 rings (SSSR count). The number of hydrogen-bond acceptors (Lipinski definition) is 2. The maximum Gasteiger partial charge on any atom is 0.224 e. The lowest BCUT2D eigenvalue weighted by Gasteiger charge is -2.19. The molecule has 1 saturated carbocycles. The summed E-state index contributed by atoms with van der Waals surface area (Å²) in [6, 6.07) is 8.18. The average molecular weight is 291 g/mol. The van der Waals surface area contributed by atoms with Crippen LogP contribution in [-0.2, 0) is 4.79 Å². The van der Waals surface area contributed by atoms with Gasteiger partial charge in [0.15, 0.2) is 0 Å². The topological polar surface area (TPSA) is 29.1 Å². The summed E-state index contributed by atoms with van der Waals surface area (Å²) in [6.45, 7) is 6.27. The second-order valence-electron chi connectivity index (χ2n) is 6.81. The van der Waals surface area contributed by atoms with E-state index < -0.39 is 0 Å². The zero-order chi connectivity index (χ0) is 14.6. The van der Waals surface area contributed by atoms with Crippen molar-refractivity contribution in [2.24, 2.45) is 5.41 Å². The Bertz CT molecular complexity index is 458. The number of benzene rings is 1. The minimum absolute atomic E-state index is 0.0254. The standard InChI is InChI=1S/C17H25NOS/c1-17(2,3)12-16(19)18-14-10-6-7-11-15(14)20-13-8-4-5-9-13/h6-7,10-11,13H,4-5,8-9,12H2,1-3H3,(H,18,19). The van der Waals surface area contributed by atoms with E-state index in [1.165, 1.54) is 30.6 Å². The molecule has 1 aromatic rings. The summed E-state index contributed by atoms with van der Waals surface area (Å²) in [6.07, 6.45) is 5.84. The van der Waals surface area contributed by atoms with Crippen LogP contribution in [0.4, 0.5) is 5.69 Å². The Hall–Kier alpha value is -0.960. The number of para-hydroxylation sites is 1. The van der Waals surface area contributed by atoms with E-state index in [0.29, 0.717) is 6.42 Å². The molecule has 3 heteroatoms. The molecule has 1 aliphatic carbocycles. The zero-order valence-electron chi connectivity index (χ0n) is 12.7. The fourth-order valence-electron chi connectivity index (χ4n) is 2.53. The van der Waals surface area contributed by atoms with Crippen molar-refractivity contribution >= 4 is 23.4 Å². The van der Waals surface area contributed by atoms with Gasteiger partial charge in [0.1, 0.15) is 0 Å². The zero-order valence-corrected chi connectivity index (χ0v) is 13.6. The van der Waals surface area contributed by atoms with Crippen molar-refractivity contribution in [3.05, 3.63) is 24.3 Å². The van der Waals surface area contributed by atoms with E-state index in [2.05, 4.69) is 38.2 Å². The highest BCUT2D eigenvalue weighted by Crippen LogP contribution is 2.38. The van der Waals surface area contributed by atoms with E-state index in [9.17, 15) is 4.79 Å². The molecule has 0 bridgehead atoms. The molecule has 1 aromatic carbocycles. The fourth-order valence-corrected chi connectivity index (χ4v) is 3.87. The maximum atomic E-state index is 12.1. The number of carbonyl (C=O) groups is 1. The quantitative estimate of drug-likeness (QED) is 0.836. The molecule has 110 valence electrons. The Morgan fingerprint density at radius 3 is 2.55 bits per heavy atom. The van der Waals surface area contributed by atoms with Crippen LogP contribution >= 0.6 is 11.8 Å². The van der Waals surface area contributed by atoms with Gasteiger partial charge in [-0.2, -0.15) is 0 Å². The smallest absolute Gasteiger partial charge is 0.224 e. The van der Waals surface area contributed by atoms with E-state index in [1.807, 2.05) is 23.9 Å². The van der Waals surface area contributed by atoms with Gasteiger partial charge in [0.25, 0.3) is 0 Å². The molecule has 0 radical (unpaired) electrons. The van der Waals surface area contributed by atoms with E-state index in [1.54, 1.807) is 0 Å². The van der Waals surface area contributed by atoms with Crippen LogP contribution in [0.3, 0.4) is 0 Å². The largest absolute Gasteiger partial charge is 0.325 e. The molecule has 1 amide bonds. The van der Waals surface area contributed by atoms with Crippen molar-refractivity contribution < 1.29 is 4.79 Å². The second-order valence-corrected chi connectivity index (χ2v) is 8.15. The Balaban J connectivity index is 2.01. The molecular weight excluding hydrogens is 266 g/mol. The third-order valence-electron chi connectivity index (χ3n) is 3.45. The Morgan fingerprint density at radius 2 is 1.90 bits per heavy atom. The predicted molar refractivity (Wildman–Crippen MR) is 87.3 cm³/mol. The summed E-state index contributed by atoms with van der Waals surface area (Å²) in [4.78, 5) is 13.3. The molecule has 0 unspecified atom stereocenters. The number of hydrogen-bond donors (Lipinski definition) is 1. The van der Waals surface area contributed by atoms with Gasteiger partial charge >= 0.3 is 0 Å². The summed E-state index contributed by atoms with van der Waals surface area (Å²) in [5.41, 5.74) is 0.996. The molecule has 0 heterocycles. The number of thioether (sulfide) groups is 1. The summed E-state index contributed by atoms with van der Waals surface area (Å²) in [5, 5.41) is 3.80. The molecule has 2 nitrogen and oxygen atoms in total. The molecule has 20 heavy (non-hydrogen) atoms. The molecule has 0 aliphatic heterocycles. The number of amides is 1. The van der Waals surface area contributed by atoms with Crippen LogP contribution in [0.15, 0.2) is 29.2 Å². The first-order chi connectivity index (χ1) is 9.44. The number of rotatable bonds is 4. The van der Waals surface area contributed by atoms with Gasteiger partial charge in [0.2, 0.25) is 5.91 Å². The molecule has 1 fully saturated rings. The summed E-state index contributed by atoms with van der Waals surface area (Å²) in [5.74, 6) is 0.108. The van der Waals surface area contributed by atoms with Crippen LogP contribution in [0.2, 0.25) is 0 Å². The fraction of sp³-hybridized carbons (Fsp3) is 0.588. The minimum Gasteiger partial charge on any atom is -0.325 e. The van der Waals surface area contributed by atoms with Crippen LogP contribution in [-0.4, -0.2) is 11.2 Å². The van der Waals surface area contributed by atoms with E-state index in [4.69, 9.17) is 0 Å². The normalized spacial score (nSPS) is 16.4. The van der Waals surface area contributed by atoms with Crippen molar-refractivity contribution in [1.82, 2.24) is 0 Å². The first kappa shape index (κ1) is 15.4. The molecule has 1 N–H and O–H groups in total. The van der Waals surface area contributed by atoms with Crippen molar-refractivity contribution in [2.75, 3.05) is 5.32 Å². The summed E-state index contributed by atoms with van der Waals surface area (Å²) in [7, 11) is 0. The predicted octanol–water partition coefficient (Wildman–Crippen LogP) is 5.10. The first-order valence-corrected chi connectivity index (χ1v) is 8.37. The van der Waals surface area contributed by atoms with Gasteiger partial charge in [-0.25, -0.2) is 0 Å². The van der Waals surface area contributed by atoms with E-state index in [-0.39, 0.29) is 11.3 Å². The Labute approximate surface area is 126 Å². The third-order valence-corrected chi connectivity index (χ3v) is 4.86. The lowest BCUT2D eigenvalue weighted by atomic mass is 9.92. The maximum absolute atomic E-state index is 12.1. The molecule has 0 aromatic heterocycles. The summed E-state index contributed by atoms with van der Waals surface area (Å²) >= 11 is 1.92. The minimum atomic E-state index is 0.0254. The molecule has 0 spiro atoms. The van der Waals surface area contributed by atoms with Crippen LogP contribution < -0.4 is 5.32 Å². The molecular formula is C17H25NOS. The van der Waals surface area contributed by atoms with Crippen molar-refractivity contribution in [2.45, 2.75) is 63.0 Å². The molecule has 0 saturated heterocycles. The van der Waals surface area contributed by atoms with Gasteiger partial charge in [0, 0.05) is 16.6 Å². The molecule has 1 aliphatic rings. The highest BCUT2D eigenvalue weighted by atomic mass is 32.2. The van der Waals surface area contributed by atoms with E-state index >= 15 is 0 Å². The average Bonchev–Trinajstić information content (AvgIpc) is 2.82. The van der Waals surface area contributed by atoms with Gasteiger partial charge < -0.3 is 5.32 Å². The SMILES string of the molecule is CC(C)(C)CC(=O)Nc1ccccc1SC1CCCC1.